The summed E-state index contributed by atoms with van der Waals surface area (Å²) in [5.41, 5.74) is 2.54. The second-order valence-corrected chi connectivity index (χ2v) is 11.6. The van der Waals surface area contributed by atoms with Gasteiger partial charge in [-0.1, -0.05) is 69.2 Å². The summed E-state index contributed by atoms with van der Waals surface area (Å²) in [6.07, 6.45) is 1.65. The fraction of sp³-hybridized carbons (Fsp3) is 0.270. The largest absolute Gasteiger partial charge is 0.489 e. The molecule has 0 fully saturated rings. The highest BCUT2D eigenvalue weighted by Crippen LogP contribution is 2.39. The molecule has 2 aliphatic rings. The molecule has 0 bridgehead atoms. The lowest BCUT2D eigenvalue weighted by Crippen LogP contribution is -2.52. The van der Waals surface area contributed by atoms with Crippen molar-refractivity contribution >= 4 is 40.4 Å². The predicted molar refractivity (Wildman–Crippen MR) is 171 cm³/mol. The fourth-order valence-corrected chi connectivity index (χ4v) is 6.30. The summed E-state index contributed by atoms with van der Waals surface area (Å²) in [6, 6.07) is 21.7. The number of hydrogen-bond acceptors (Lipinski definition) is 7. The SMILES string of the molecule is CCC(CC)CN1C(=O)c2ccc3c4c(ccc(c24)C1=O)C(=O)N([C@@H](Cc1ccc(OCc2ccccc2)cc1)C(=O)OC)C3=O. The normalized spacial score (nSPS) is 14.7. The molecule has 0 unspecified atom stereocenters. The van der Waals surface area contributed by atoms with E-state index in [-0.39, 0.29) is 40.0 Å². The second kappa shape index (κ2) is 12.6. The van der Waals surface area contributed by atoms with Crippen LogP contribution in [0.5, 0.6) is 5.75 Å². The van der Waals surface area contributed by atoms with Crippen LogP contribution in [0, 0.1) is 5.92 Å². The smallest absolute Gasteiger partial charge is 0.329 e. The molecule has 234 valence electrons. The van der Waals surface area contributed by atoms with Gasteiger partial charge in [-0.25, -0.2) is 4.79 Å². The molecule has 9 heteroatoms. The molecule has 2 heterocycles. The Balaban J connectivity index is 1.30. The van der Waals surface area contributed by atoms with Crippen molar-refractivity contribution in [2.75, 3.05) is 13.7 Å². The van der Waals surface area contributed by atoms with Gasteiger partial charge < -0.3 is 9.47 Å². The number of hydrogen-bond donors (Lipinski definition) is 0. The molecule has 6 rings (SSSR count). The van der Waals surface area contributed by atoms with Gasteiger partial charge in [-0.3, -0.25) is 29.0 Å². The summed E-state index contributed by atoms with van der Waals surface area (Å²) in [6.45, 7) is 4.73. The Morgan fingerprint density at radius 3 is 1.70 bits per heavy atom. The molecule has 2 aliphatic heterocycles. The van der Waals surface area contributed by atoms with Crippen molar-refractivity contribution in [1.29, 1.82) is 0 Å². The van der Waals surface area contributed by atoms with Gasteiger partial charge >= 0.3 is 5.97 Å². The van der Waals surface area contributed by atoms with Gasteiger partial charge in [0.25, 0.3) is 23.6 Å². The van der Waals surface area contributed by atoms with Crippen LogP contribution in [0.1, 0.15) is 79.2 Å². The molecular weight excluding hydrogens is 584 g/mol. The van der Waals surface area contributed by atoms with E-state index >= 15 is 0 Å². The van der Waals surface area contributed by atoms with E-state index in [1.165, 1.54) is 36.3 Å². The summed E-state index contributed by atoms with van der Waals surface area (Å²) >= 11 is 0. The average Bonchev–Trinajstić information content (AvgIpc) is 3.09. The maximum Gasteiger partial charge on any atom is 0.329 e. The lowest BCUT2D eigenvalue weighted by Gasteiger charge is -2.35. The number of amides is 4. The third-order valence-corrected chi connectivity index (χ3v) is 8.99. The van der Waals surface area contributed by atoms with Crippen LogP contribution in [0.3, 0.4) is 0 Å². The second-order valence-electron chi connectivity index (χ2n) is 11.6. The van der Waals surface area contributed by atoms with Gasteiger partial charge in [0.05, 0.1) is 7.11 Å². The number of benzene rings is 4. The number of nitrogens with zero attached hydrogens (tertiary/aromatic N) is 2. The lowest BCUT2D eigenvalue weighted by molar-refractivity contribution is -0.145. The molecule has 9 nitrogen and oxygen atoms in total. The van der Waals surface area contributed by atoms with Crippen molar-refractivity contribution < 1.29 is 33.4 Å². The summed E-state index contributed by atoms with van der Waals surface area (Å²) in [4.78, 5) is 70.5. The average molecular weight is 619 g/mol. The summed E-state index contributed by atoms with van der Waals surface area (Å²) in [7, 11) is 1.21. The zero-order valence-electron chi connectivity index (χ0n) is 25.9. The van der Waals surface area contributed by atoms with Gasteiger partial charge in [-0.15, -0.1) is 0 Å². The Morgan fingerprint density at radius 1 is 0.674 bits per heavy atom. The van der Waals surface area contributed by atoms with E-state index < -0.39 is 35.6 Å². The van der Waals surface area contributed by atoms with Crippen molar-refractivity contribution in [3.05, 3.63) is 112 Å². The highest BCUT2D eigenvalue weighted by Gasteiger charge is 2.44. The number of methoxy groups -OCH3 is 1. The van der Waals surface area contributed by atoms with Crippen LogP contribution in [0.4, 0.5) is 0 Å². The first-order chi connectivity index (χ1) is 22.3. The van der Waals surface area contributed by atoms with E-state index in [1.807, 2.05) is 44.2 Å². The summed E-state index contributed by atoms with van der Waals surface area (Å²) in [5, 5.41) is 0.557. The molecule has 4 aromatic rings. The fourth-order valence-electron chi connectivity index (χ4n) is 6.30. The maximum atomic E-state index is 14.0. The Kier molecular flexibility index (Phi) is 8.41. The third kappa shape index (κ3) is 5.31. The molecule has 0 saturated carbocycles. The highest BCUT2D eigenvalue weighted by atomic mass is 16.5. The van der Waals surface area contributed by atoms with E-state index in [2.05, 4.69) is 0 Å². The van der Waals surface area contributed by atoms with Crippen molar-refractivity contribution in [3.63, 3.8) is 0 Å². The zero-order valence-corrected chi connectivity index (χ0v) is 25.9. The molecule has 0 N–H and O–H groups in total. The number of carbonyl (C=O) groups excluding carboxylic acids is 5. The van der Waals surface area contributed by atoms with Gasteiger partial charge in [0, 0.05) is 46.0 Å². The minimum absolute atomic E-state index is 0.0136. The van der Waals surface area contributed by atoms with Crippen LogP contribution in [-0.4, -0.2) is 59.1 Å². The number of esters is 1. The molecule has 0 spiro atoms. The predicted octanol–water partition coefficient (Wildman–Crippen LogP) is 5.83. The number of imide groups is 2. The van der Waals surface area contributed by atoms with Crippen molar-refractivity contribution in [2.45, 2.75) is 45.8 Å². The number of carbonyl (C=O) groups is 5. The molecule has 0 aliphatic carbocycles. The number of ether oxygens (including phenoxy) is 2. The van der Waals surface area contributed by atoms with E-state index in [0.29, 0.717) is 29.9 Å². The van der Waals surface area contributed by atoms with Gasteiger partial charge in [0.1, 0.15) is 18.4 Å². The van der Waals surface area contributed by atoms with Gasteiger partial charge in [-0.05, 0) is 53.4 Å². The van der Waals surface area contributed by atoms with Crippen LogP contribution in [0.15, 0.2) is 78.9 Å². The van der Waals surface area contributed by atoms with Crippen LogP contribution in [0.25, 0.3) is 10.8 Å². The molecular formula is C37H34N2O7. The van der Waals surface area contributed by atoms with Crippen molar-refractivity contribution in [3.8, 4) is 5.75 Å². The topological polar surface area (TPSA) is 110 Å². The van der Waals surface area contributed by atoms with Crippen LogP contribution in [-0.2, 0) is 22.6 Å². The molecule has 4 aromatic carbocycles. The van der Waals surface area contributed by atoms with Crippen LogP contribution < -0.4 is 4.74 Å². The van der Waals surface area contributed by atoms with Crippen molar-refractivity contribution in [1.82, 2.24) is 9.80 Å². The first-order valence-corrected chi connectivity index (χ1v) is 15.4. The molecule has 4 amide bonds. The van der Waals surface area contributed by atoms with Gasteiger partial charge in [-0.2, -0.15) is 0 Å². The van der Waals surface area contributed by atoms with Crippen molar-refractivity contribution in [2.24, 2.45) is 5.92 Å². The van der Waals surface area contributed by atoms with E-state index in [1.54, 1.807) is 24.3 Å². The molecule has 0 saturated heterocycles. The quantitative estimate of drug-likeness (QED) is 0.154. The van der Waals surface area contributed by atoms with Crippen LogP contribution >= 0.6 is 0 Å². The van der Waals surface area contributed by atoms with E-state index in [4.69, 9.17) is 9.47 Å². The Hall–Kier alpha value is -5.31. The summed E-state index contributed by atoms with van der Waals surface area (Å²) in [5.74, 6) is -2.24. The first kappa shape index (κ1) is 30.7. The monoisotopic (exact) mass is 618 g/mol. The summed E-state index contributed by atoms with van der Waals surface area (Å²) < 4.78 is 10.9. The number of rotatable bonds is 11. The standard InChI is InChI=1S/C37H34N2O7/c1-4-22(5-2)20-38-33(40)26-15-17-28-32-29(18-16-27(31(26)32)34(38)41)36(43)39(35(28)42)30(37(44)45-3)19-23-11-13-25(14-12-23)46-21-24-9-7-6-8-10-24/h6-18,22,30H,4-5,19-21H2,1-3H3/t30-/m0/s1. The molecule has 0 aromatic heterocycles. The zero-order chi connectivity index (χ0) is 32.5. The van der Waals surface area contributed by atoms with Gasteiger partial charge in [0.2, 0.25) is 0 Å². The Labute approximate surface area is 266 Å². The molecule has 46 heavy (non-hydrogen) atoms. The molecule has 1 atom stereocenters. The minimum Gasteiger partial charge on any atom is -0.489 e. The van der Waals surface area contributed by atoms with E-state index in [0.717, 1.165) is 23.3 Å². The van der Waals surface area contributed by atoms with Gasteiger partial charge in [0.15, 0.2) is 0 Å². The molecule has 0 radical (unpaired) electrons. The minimum atomic E-state index is -1.25. The Morgan fingerprint density at radius 2 is 1.20 bits per heavy atom. The van der Waals surface area contributed by atoms with E-state index in [9.17, 15) is 24.0 Å². The third-order valence-electron chi connectivity index (χ3n) is 8.99. The van der Waals surface area contributed by atoms with Crippen LogP contribution in [0.2, 0.25) is 0 Å². The lowest BCUT2D eigenvalue weighted by atomic mass is 9.85. The Bertz CT molecular complexity index is 1790. The highest BCUT2D eigenvalue weighted by molar-refractivity contribution is 6.33. The maximum absolute atomic E-state index is 14.0. The first-order valence-electron chi connectivity index (χ1n) is 15.4.